The van der Waals surface area contributed by atoms with Crippen LogP contribution in [0.2, 0.25) is 0 Å². The van der Waals surface area contributed by atoms with Gasteiger partial charge in [0.1, 0.15) is 0 Å². The Labute approximate surface area is 167 Å². The van der Waals surface area contributed by atoms with Crippen molar-refractivity contribution in [2.45, 2.75) is 0 Å². The molecule has 30 heavy (non-hydrogen) atoms. The zero-order valence-electron chi connectivity index (χ0n) is 15.0. The van der Waals surface area contributed by atoms with Crippen molar-refractivity contribution in [1.82, 2.24) is 0 Å². The fourth-order valence-corrected chi connectivity index (χ4v) is 3.56. The Hall–Kier alpha value is -4.46. The minimum absolute atomic E-state index is 0.339. The molecule has 0 bridgehead atoms. The molecule has 0 atom stereocenters. The summed E-state index contributed by atoms with van der Waals surface area (Å²) in [7, 11) is 0. The predicted octanol–water partition coefficient (Wildman–Crippen LogP) is 3.94. The Balaban J connectivity index is 2.06. The summed E-state index contributed by atoms with van der Waals surface area (Å²) in [6.07, 6.45) is 0. The molecule has 0 saturated carbocycles. The maximum Gasteiger partial charge on any atom is 0.336 e. The third kappa shape index (κ3) is 2.96. The monoisotopic (exact) mass is 404 g/mol. The van der Waals surface area contributed by atoms with Crippen LogP contribution in [0.25, 0.3) is 32.3 Å². The summed E-state index contributed by atoms with van der Waals surface area (Å²) >= 11 is 0. The number of carbonyl (C=O) groups is 4. The van der Waals surface area contributed by atoms with Crippen molar-refractivity contribution in [1.29, 1.82) is 0 Å². The van der Waals surface area contributed by atoms with Crippen LogP contribution in [-0.2, 0) is 0 Å². The average Bonchev–Trinajstić information content (AvgIpc) is 2.68. The van der Waals surface area contributed by atoms with E-state index >= 15 is 0 Å². The first kappa shape index (κ1) is 18.9. The average molecular weight is 404 g/mol. The van der Waals surface area contributed by atoms with Crippen LogP contribution in [0.1, 0.15) is 41.4 Å². The first-order chi connectivity index (χ1) is 14.2. The van der Waals surface area contributed by atoms with Crippen LogP contribution in [-0.4, -0.2) is 44.3 Å². The number of rotatable bonds is 4. The van der Waals surface area contributed by atoms with Gasteiger partial charge in [-0.3, -0.25) is 0 Å². The highest BCUT2D eigenvalue weighted by Gasteiger charge is 2.19. The number of hydrogen-bond acceptors (Lipinski definition) is 4. The van der Waals surface area contributed by atoms with Gasteiger partial charge in [0.05, 0.1) is 22.3 Å². The van der Waals surface area contributed by atoms with E-state index in [0.717, 1.165) is 0 Å². The lowest BCUT2D eigenvalue weighted by Crippen LogP contribution is -2.08. The molecule has 0 aliphatic heterocycles. The molecule has 0 amide bonds. The van der Waals surface area contributed by atoms with E-state index in [9.17, 15) is 39.6 Å². The van der Waals surface area contributed by atoms with Crippen LogP contribution in [0.3, 0.4) is 0 Å². The first-order valence-corrected chi connectivity index (χ1v) is 8.58. The Kier molecular flexibility index (Phi) is 4.13. The van der Waals surface area contributed by atoms with Gasteiger partial charge in [-0.25, -0.2) is 19.2 Å². The molecule has 4 aromatic carbocycles. The standard InChI is InChI=1S/C22H12O8/c23-19(24)15-5-11-1-9-2-13-7-17(21(27)28)18(22(29)30)8-14(13)4-10(9)3-12(11)6-16(15)20(25)26/h1-8H,(H,23,24)(H,25,26)(H,27,28)(H,29,30). The molecule has 4 rings (SSSR count). The molecule has 0 radical (unpaired) electrons. The summed E-state index contributed by atoms with van der Waals surface area (Å²) in [5.41, 5.74) is -1.35. The number of aromatic carboxylic acids is 4. The van der Waals surface area contributed by atoms with Crippen LogP contribution in [0.4, 0.5) is 0 Å². The van der Waals surface area contributed by atoms with Crippen LogP contribution >= 0.6 is 0 Å². The lowest BCUT2D eigenvalue weighted by atomic mass is 9.94. The number of fused-ring (bicyclic) bond motifs is 3. The predicted molar refractivity (Wildman–Crippen MR) is 107 cm³/mol. The van der Waals surface area contributed by atoms with Gasteiger partial charge in [0.15, 0.2) is 0 Å². The lowest BCUT2D eigenvalue weighted by Gasteiger charge is -2.10. The van der Waals surface area contributed by atoms with Gasteiger partial charge >= 0.3 is 23.9 Å². The Morgan fingerprint density at radius 2 is 0.533 bits per heavy atom. The second-order valence-corrected chi connectivity index (χ2v) is 6.76. The van der Waals surface area contributed by atoms with E-state index in [1.54, 1.807) is 24.3 Å². The van der Waals surface area contributed by atoms with Crippen molar-refractivity contribution >= 4 is 56.2 Å². The molecule has 0 unspecified atom stereocenters. The van der Waals surface area contributed by atoms with Gasteiger partial charge in [0.2, 0.25) is 0 Å². The van der Waals surface area contributed by atoms with E-state index in [1.807, 2.05) is 0 Å². The molecule has 0 saturated heterocycles. The fraction of sp³-hybridized carbons (Fsp3) is 0. The van der Waals surface area contributed by atoms with Gasteiger partial charge in [-0.2, -0.15) is 0 Å². The summed E-state index contributed by atoms with van der Waals surface area (Å²) < 4.78 is 0. The molecule has 4 aromatic rings. The zero-order chi connectivity index (χ0) is 21.7. The molecule has 0 aliphatic rings. The van der Waals surface area contributed by atoms with Crippen molar-refractivity contribution in [3.8, 4) is 0 Å². The molecular formula is C22H12O8. The van der Waals surface area contributed by atoms with Crippen molar-refractivity contribution in [2.24, 2.45) is 0 Å². The van der Waals surface area contributed by atoms with Crippen LogP contribution < -0.4 is 0 Å². The summed E-state index contributed by atoms with van der Waals surface area (Å²) in [6, 6.07) is 11.8. The maximum absolute atomic E-state index is 11.4. The molecule has 148 valence electrons. The van der Waals surface area contributed by atoms with Crippen molar-refractivity contribution in [3.05, 3.63) is 70.8 Å². The van der Waals surface area contributed by atoms with E-state index in [-0.39, 0.29) is 22.3 Å². The first-order valence-electron chi connectivity index (χ1n) is 8.58. The number of hydrogen-bond donors (Lipinski definition) is 4. The van der Waals surface area contributed by atoms with E-state index in [2.05, 4.69) is 0 Å². The third-order valence-corrected chi connectivity index (χ3v) is 4.95. The van der Waals surface area contributed by atoms with E-state index < -0.39 is 23.9 Å². The minimum Gasteiger partial charge on any atom is -0.478 e. The van der Waals surface area contributed by atoms with Crippen LogP contribution in [0.5, 0.6) is 0 Å². The summed E-state index contributed by atoms with van der Waals surface area (Å²) in [5.74, 6) is -5.44. The SMILES string of the molecule is O=C(O)c1cc2cc3cc4cc(C(=O)O)c(C(=O)O)cc4cc3cc2cc1C(=O)O. The molecule has 0 aliphatic carbocycles. The van der Waals surface area contributed by atoms with Crippen LogP contribution in [0.15, 0.2) is 48.5 Å². The van der Waals surface area contributed by atoms with Gasteiger partial charge in [0.25, 0.3) is 0 Å². The minimum atomic E-state index is -1.36. The quantitative estimate of drug-likeness (QED) is 0.374. The summed E-state index contributed by atoms with van der Waals surface area (Å²) in [5, 5.41) is 40.6. The number of carboxylic acid groups (broad SMARTS) is 4. The van der Waals surface area contributed by atoms with Crippen molar-refractivity contribution in [2.75, 3.05) is 0 Å². The van der Waals surface area contributed by atoms with Gasteiger partial charge in [-0.1, -0.05) is 0 Å². The summed E-state index contributed by atoms with van der Waals surface area (Å²) in [4.78, 5) is 45.7. The normalized spacial score (nSPS) is 11.1. The molecule has 0 heterocycles. The van der Waals surface area contributed by atoms with Crippen molar-refractivity contribution in [3.63, 3.8) is 0 Å². The zero-order valence-corrected chi connectivity index (χ0v) is 15.0. The maximum atomic E-state index is 11.4. The second-order valence-electron chi connectivity index (χ2n) is 6.76. The lowest BCUT2D eigenvalue weighted by molar-refractivity contribution is 0.0652. The van der Waals surface area contributed by atoms with Gasteiger partial charge in [0, 0.05) is 0 Å². The Morgan fingerprint density at radius 3 is 0.700 bits per heavy atom. The van der Waals surface area contributed by atoms with E-state index in [1.165, 1.54) is 24.3 Å². The highest BCUT2D eigenvalue weighted by molar-refractivity contribution is 6.12. The molecular weight excluding hydrogens is 392 g/mol. The van der Waals surface area contributed by atoms with E-state index in [0.29, 0.717) is 32.3 Å². The van der Waals surface area contributed by atoms with Gasteiger partial charge < -0.3 is 20.4 Å². The summed E-state index contributed by atoms with van der Waals surface area (Å²) in [6.45, 7) is 0. The number of benzene rings is 4. The largest absolute Gasteiger partial charge is 0.478 e. The topological polar surface area (TPSA) is 149 Å². The number of carboxylic acids is 4. The van der Waals surface area contributed by atoms with Gasteiger partial charge in [-0.15, -0.1) is 0 Å². The second kappa shape index (κ2) is 6.56. The molecule has 8 nitrogen and oxygen atoms in total. The third-order valence-electron chi connectivity index (χ3n) is 4.95. The van der Waals surface area contributed by atoms with Crippen molar-refractivity contribution < 1.29 is 39.6 Å². The Morgan fingerprint density at radius 1 is 0.367 bits per heavy atom. The molecule has 0 spiro atoms. The molecule has 0 fully saturated rings. The molecule has 0 aromatic heterocycles. The smallest absolute Gasteiger partial charge is 0.336 e. The van der Waals surface area contributed by atoms with E-state index in [4.69, 9.17) is 0 Å². The highest BCUT2D eigenvalue weighted by Crippen LogP contribution is 2.31. The fourth-order valence-electron chi connectivity index (χ4n) is 3.56. The highest BCUT2D eigenvalue weighted by atomic mass is 16.4. The molecule has 4 N–H and O–H groups in total. The Bertz CT molecular complexity index is 1230. The van der Waals surface area contributed by atoms with Gasteiger partial charge in [-0.05, 0) is 80.8 Å². The molecule has 8 heteroatoms. The van der Waals surface area contributed by atoms with Crippen LogP contribution in [0, 0.1) is 0 Å².